The molecule has 3 nitrogen and oxygen atoms in total. The zero-order chi connectivity index (χ0) is 10.6. The first-order chi connectivity index (χ1) is 6.61. The van der Waals surface area contributed by atoms with Crippen LogP contribution in [0.5, 0.6) is 0 Å². The van der Waals surface area contributed by atoms with Crippen LogP contribution in [-0.4, -0.2) is 37.0 Å². The predicted molar refractivity (Wildman–Crippen MR) is 58.1 cm³/mol. The summed E-state index contributed by atoms with van der Waals surface area (Å²) in [6.07, 6.45) is 3.12. The minimum absolute atomic E-state index is 0.286. The summed E-state index contributed by atoms with van der Waals surface area (Å²) < 4.78 is 0. The first kappa shape index (κ1) is 11.5. The molecule has 1 fully saturated rings. The van der Waals surface area contributed by atoms with E-state index < -0.39 is 0 Å². The molecule has 0 aromatic rings. The van der Waals surface area contributed by atoms with E-state index in [1.54, 1.807) is 0 Å². The molecule has 1 aliphatic heterocycles. The van der Waals surface area contributed by atoms with E-state index >= 15 is 0 Å². The molecule has 1 unspecified atom stereocenters. The Morgan fingerprint density at radius 1 is 1.57 bits per heavy atom. The molecule has 0 aliphatic carbocycles. The van der Waals surface area contributed by atoms with E-state index in [1.165, 1.54) is 12.8 Å². The van der Waals surface area contributed by atoms with Crippen molar-refractivity contribution in [2.24, 2.45) is 5.92 Å². The largest absolute Gasteiger partial charge is 0.343 e. The summed E-state index contributed by atoms with van der Waals surface area (Å²) in [6, 6.07) is 0.319. The molecule has 3 heteroatoms. The molecule has 0 radical (unpaired) electrons. The predicted octanol–water partition coefficient (Wildman–Crippen LogP) is 1.24. The van der Waals surface area contributed by atoms with Crippen LogP contribution in [-0.2, 0) is 4.79 Å². The molecule has 0 spiro atoms. The summed E-state index contributed by atoms with van der Waals surface area (Å²) in [5.74, 6) is 0.839. The molecule has 0 saturated carbocycles. The van der Waals surface area contributed by atoms with Gasteiger partial charge in [-0.3, -0.25) is 4.79 Å². The number of piperidine rings is 1. The Kier molecular flexibility index (Phi) is 4.39. The monoisotopic (exact) mass is 198 g/mol. The number of nitrogens with one attached hydrogen (secondary N) is 1. The maximum atomic E-state index is 11.8. The summed E-state index contributed by atoms with van der Waals surface area (Å²) in [4.78, 5) is 13.6. The molecule has 1 heterocycles. The van der Waals surface area contributed by atoms with E-state index in [4.69, 9.17) is 0 Å². The Bertz CT molecular complexity index is 186. The van der Waals surface area contributed by atoms with Crippen molar-refractivity contribution in [2.45, 2.75) is 39.2 Å². The van der Waals surface area contributed by atoms with E-state index in [2.05, 4.69) is 19.2 Å². The van der Waals surface area contributed by atoms with E-state index in [1.807, 2.05) is 11.9 Å². The Labute approximate surface area is 86.9 Å². The fourth-order valence-corrected chi connectivity index (χ4v) is 1.78. The van der Waals surface area contributed by atoms with Crippen LogP contribution >= 0.6 is 0 Å². The van der Waals surface area contributed by atoms with Gasteiger partial charge in [0, 0.05) is 19.5 Å². The highest BCUT2D eigenvalue weighted by Crippen LogP contribution is 2.15. The molecule has 1 rings (SSSR count). The van der Waals surface area contributed by atoms with E-state index in [-0.39, 0.29) is 5.91 Å². The van der Waals surface area contributed by atoms with Gasteiger partial charge in [0.05, 0.1) is 0 Å². The lowest BCUT2D eigenvalue weighted by Gasteiger charge is -2.26. The molecule has 1 aliphatic rings. The molecular formula is C11H22N2O. The maximum Gasteiger partial charge on any atom is 0.222 e. The Balaban J connectivity index is 2.31. The average molecular weight is 198 g/mol. The van der Waals surface area contributed by atoms with Crippen LogP contribution in [0, 0.1) is 5.92 Å². The number of rotatable bonds is 3. The van der Waals surface area contributed by atoms with E-state index in [0.29, 0.717) is 18.4 Å². The van der Waals surface area contributed by atoms with Crippen LogP contribution in [0.15, 0.2) is 0 Å². The first-order valence-electron chi connectivity index (χ1n) is 5.57. The SMILES string of the molecule is CC(C)N(C)C(=O)CC1CCCNC1. The summed E-state index contributed by atoms with van der Waals surface area (Å²) >= 11 is 0. The second-order valence-corrected chi connectivity index (χ2v) is 4.51. The summed E-state index contributed by atoms with van der Waals surface area (Å²) in [7, 11) is 1.89. The Morgan fingerprint density at radius 3 is 2.79 bits per heavy atom. The second-order valence-electron chi connectivity index (χ2n) is 4.51. The molecule has 82 valence electrons. The molecule has 0 aromatic heterocycles. The van der Waals surface area contributed by atoms with Crippen molar-refractivity contribution in [3.05, 3.63) is 0 Å². The highest BCUT2D eigenvalue weighted by Gasteiger charge is 2.19. The number of amides is 1. The average Bonchev–Trinajstić information content (AvgIpc) is 2.18. The minimum Gasteiger partial charge on any atom is -0.343 e. The summed E-state index contributed by atoms with van der Waals surface area (Å²) in [6.45, 7) is 6.23. The highest BCUT2D eigenvalue weighted by atomic mass is 16.2. The number of carbonyl (C=O) groups excluding carboxylic acids is 1. The summed E-state index contributed by atoms with van der Waals surface area (Å²) in [5, 5.41) is 3.34. The second kappa shape index (κ2) is 5.35. The van der Waals surface area contributed by atoms with Gasteiger partial charge in [-0.1, -0.05) is 0 Å². The standard InChI is InChI=1S/C11H22N2O/c1-9(2)13(3)11(14)7-10-5-4-6-12-8-10/h9-10,12H,4-8H2,1-3H3. The topological polar surface area (TPSA) is 32.3 Å². The van der Waals surface area contributed by atoms with Gasteiger partial charge in [-0.25, -0.2) is 0 Å². The van der Waals surface area contributed by atoms with E-state index in [0.717, 1.165) is 13.1 Å². The zero-order valence-electron chi connectivity index (χ0n) is 9.55. The lowest BCUT2D eigenvalue weighted by Crippen LogP contribution is -2.37. The zero-order valence-corrected chi connectivity index (χ0v) is 9.55. The van der Waals surface area contributed by atoms with Crippen molar-refractivity contribution in [1.29, 1.82) is 0 Å². The van der Waals surface area contributed by atoms with Crippen LogP contribution < -0.4 is 5.32 Å². The summed E-state index contributed by atoms with van der Waals surface area (Å²) in [5.41, 5.74) is 0. The Morgan fingerprint density at radius 2 is 2.29 bits per heavy atom. The molecule has 0 aromatic carbocycles. The number of hydrogen-bond acceptors (Lipinski definition) is 2. The van der Waals surface area contributed by atoms with Gasteiger partial charge in [-0.15, -0.1) is 0 Å². The smallest absolute Gasteiger partial charge is 0.222 e. The third-order valence-electron chi connectivity index (χ3n) is 3.03. The molecule has 1 N–H and O–H groups in total. The van der Waals surface area contributed by atoms with Gasteiger partial charge in [-0.05, 0) is 45.7 Å². The number of nitrogens with zero attached hydrogens (tertiary/aromatic N) is 1. The van der Waals surface area contributed by atoms with Crippen molar-refractivity contribution in [2.75, 3.05) is 20.1 Å². The molecule has 0 bridgehead atoms. The normalized spacial score (nSPS) is 22.4. The van der Waals surface area contributed by atoms with Gasteiger partial charge >= 0.3 is 0 Å². The van der Waals surface area contributed by atoms with Crippen LogP contribution in [0.25, 0.3) is 0 Å². The van der Waals surface area contributed by atoms with Crippen molar-refractivity contribution in [1.82, 2.24) is 10.2 Å². The molecule has 1 amide bonds. The van der Waals surface area contributed by atoms with Crippen molar-refractivity contribution in [3.8, 4) is 0 Å². The molecule has 1 atom stereocenters. The fraction of sp³-hybridized carbons (Fsp3) is 0.909. The number of hydrogen-bond donors (Lipinski definition) is 1. The highest BCUT2D eigenvalue weighted by molar-refractivity contribution is 5.76. The molecular weight excluding hydrogens is 176 g/mol. The van der Waals surface area contributed by atoms with Gasteiger partial charge in [0.15, 0.2) is 0 Å². The minimum atomic E-state index is 0.286. The van der Waals surface area contributed by atoms with Gasteiger partial charge in [0.2, 0.25) is 5.91 Å². The van der Waals surface area contributed by atoms with Gasteiger partial charge in [0.1, 0.15) is 0 Å². The fourth-order valence-electron chi connectivity index (χ4n) is 1.78. The van der Waals surface area contributed by atoms with Crippen LogP contribution in [0.1, 0.15) is 33.1 Å². The van der Waals surface area contributed by atoms with Crippen molar-refractivity contribution in [3.63, 3.8) is 0 Å². The van der Waals surface area contributed by atoms with Gasteiger partial charge < -0.3 is 10.2 Å². The third-order valence-corrected chi connectivity index (χ3v) is 3.03. The van der Waals surface area contributed by atoms with Crippen molar-refractivity contribution < 1.29 is 4.79 Å². The lowest BCUT2D eigenvalue weighted by molar-refractivity contribution is -0.132. The van der Waals surface area contributed by atoms with Crippen LogP contribution in [0.4, 0.5) is 0 Å². The number of carbonyl (C=O) groups is 1. The van der Waals surface area contributed by atoms with Crippen LogP contribution in [0.2, 0.25) is 0 Å². The molecule has 14 heavy (non-hydrogen) atoms. The van der Waals surface area contributed by atoms with Crippen LogP contribution in [0.3, 0.4) is 0 Å². The lowest BCUT2D eigenvalue weighted by atomic mass is 9.95. The Hall–Kier alpha value is -0.570. The first-order valence-corrected chi connectivity index (χ1v) is 5.57. The van der Waals surface area contributed by atoms with Gasteiger partial charge in [0.25, 0.3) is 0 Å². The van der Waals surface area contributed by atoms with Crippen molar-refractivity contribution >= 4 is 5.91 Å². The third kappa shape index (κ3) is 3.29. The van der Waals surface area contributed by atoms with Gasteiger partial charge in [-0.2, -0.15) is 0 Å². The maximum absolute atomic E-state index is 11.8. The quantitative estimate of drug-likeness (QED) is 0.740. The van der Waals surface area contributed by atoms with E-state index in [9.17, 15) is 4.79 Å². The molecule has 1 saturated heterocycles.